The number of rotatable bonds is 4. The van der Waals surface area contributed by atoms with Gasteiger partial charge < -0.3 is 15.4 Å². The van der Waals surface area contributed by atoms with Gasteiger partial charge in [-0.2, -0.15) is 0 Å². The topological polar surface area (TPSA) is 33.3 Å². The zero-order valence-corrected chi connectivity index (χ0v) is 13.1. The second-order valence-electron chi connectivity index (χ2n) is 5.63. The Bertz CT molecular complexity index is 442. The molecule has 2 rings (SSSR count). The maximum atomic E-state index is 5.68. The minimum Gasteiger partial charge on any atom is -0.491 e. The van der Waals surface area contributed by atoms with Crippen LogP contribution in [0.15, 0.2) is 24.3 Å². The average molecular weight is 292 g/mol. The van der Waals surface area contributed by atoms with Crippen molar-refractivity contribution in [2.45, 2.75) is 58.1 Å². The third-order valence-corrected chi connectivity index (χ3v) is 3.62. The number of nitrogens with one attached hydrogen (secondary N) is 2. The van der Waals surface area contributed by atoms with Crippen molar-refractivity contribution in [1.82, 2.24) is 5.32 Å². The predicted molar refractivity (Wildman–Crippen MR) is 88.4 cm³/mol. The Labute approximate surface area is 127 Å². The number of anilines is 1. The average Bonchev–Trinajstić information content (AvgIpc) is 2.39. The Morgan fingerprint density at radius 3 is 2.70 bits per heavy atom. The monoisotopic (exact) mass is 292 g/mol. The van der Waals surface area contributed by atoms with E-state index >= 15 is 0 Å². The Hall–Kier alpha value is -1.29. The Balaban J connectivity index is 1.86. The van der Waals surface area contributed by atoms with E-state index in [1.54, 1.807) is 0 Å². The van der Waals surface area contributed by atoms with Gasteiger partial charge in [-0.25, -0.2) is 0 Å². The molecule has 1 saturated carbocycles. The van der Waals surface area contributed by atoms with Crippen molar-refractivity contribution >= 4 is 23.0 Å². The van der Waals surface area contributed by atoms with E-state index in [1.165, 1.54) is 32.1 Å². The van der Waals surface area contributed by atoms with E-state index < -0.39 is 0 Å². The molecule has 1 aliphatic carbocycles. The zero-order chi connectivity index (χ0) is 14.4. The van der Waals surface area contributed by atoms with E-state index in [1.807, 2.05) is 38.1 Å². The fourth-order valence-corrected chi connectivity index (χ4v) is 2.80. The first-order valence-electron chi connectivity index (χ1n) is 7.48. The molecule has 110 valence electrons. The summed E-state index contributed by atoms with van der Waals surface area (Å²) < 4.78 is 5.68. The Morgan fingerprint density at radius 1 is 1.25 bits per heavy atom. The van der Waals surface area contributed by atoms with Crippen LogP contribution in [-0.4, -0.2) is 17.3 Å². The van der Waals surface area contributed by atoms with Gasteiger partial charge in [-0.15, -0.1) is 0 Å². The first-order chi connectivity index (χ1) is 9.63. The lowest BCUT2D eigenvalue weighted by Gasteiger charge is -2.24. The number of benzene rings is 1. The van der Waals surface area contributed by atoms with Crippen LogP contribution in [0.3, 0.4) is 0 Å². The summed E-state index contributed by atoms with van der Waals surface area (Å²) in [4.78, 5) is 0. The second kappa shape index (κ2) is 7.48. The van der Waals surface area contributed by atoms with Crippen molar-refractivity contribution in [3.05, 3.63) is 24.3 Å². The molecule has 0 heterocycles. The number of hydrogen-bond donors (Lipinski definition) is 2. The maximum Gasteiger partial charge on any atom is 0.170 e. The largest absolute Gasteiger partial charge is 0.491 e. The molecule has 1 fully saturated rings. The van der Waals surface area contributed by atoms with Crippen LogP contribution in [0.4, 0.5) is 5.69 Å². The summed E-state index contributed by atoms with van der Waals surface area (Å²) in [6.07, 6.45) is 6.58. The van der Waals surface area contributed by atoms with Gasteiger partial charge >= 0.3 is 0 Å². The van der Waals surface area contributed by atoms with Gasteiger partial charge in [0.05, 0.1) is 6.10 Å². The van der Waals surface area contributed by atoms with E-state index in [0.717, 1.165) is 11.4 Å². The van der Waals surface area contributed by atoms with Gasteiger partial charge in [0.15, 0.2) is 5.11 Å². The summed E-state index contributed by atoms with van der Waals surface area (Å²) in [6.45, 7) is 4.05. The van der Waals surface area contributed by atoms with Gasteiger partial charge in [-0.05, 0) is 51.0 Å². The minimum absolute atomic E-state index is 0.178. The minimum atomic E-state index is 0.178. The summed E-state index contributed by atoms with van der Waals surface area (Å²) >= 11 is 5.38. The lowest BCUT2D eigenvalue weighted by Crippen LogP contribution is -2.38. The highest BCUT2D eigenvalue weighted by atomic mass is 32.1. The smallest absolute Gasteiger partial charge is 0.170 e. The van der Waals surface area contributed by atoms with Gasteiger partial charge in [0.25, 0.3) is 0 Å². The molecule has 1 aliphatic rings. The lowest BCUT2D eigenvalue weighted by atomic mass is 9.96. The lowest BCUT2D eigenvalue weighted by molar-refractivity contribution is 0.242. The molecule has 0 amide bonds. The van der Waals surface area contributed by atoms with Gasteiger partial charge in [0.1, 0.15) is 5.75 Å². The van der Waals surface area contributed by atoms with Crippen LogP contribution in [-0.2, 0) is 0 Å². The van der Waals surface area contributed by atoms with Gasteiger partial charge in [-0.1, -0.05) is 25.3 Å². The summed E-state index contributed by atoms with van der Waals surface area (Å²) in [5.74, 6) is 0.866. The Morgan fingerprint density at radius 2 is 2.00 bits per heavy atom. The molecule has 1 aromatic rings. The van der Waals surface area contributed by atoms with Crippen molar-refractivity contribution in [3.63, 3.8) is 0 Å². The molecule has 0 unspecified atom stereocenters. The molecule has 0 aromatic heterocycles. The van der Waals surface area contributed by atoms with Crippen molar-refractivity contribution < 1.29 is 4.74 Å². The first-order valence-corrected chi connectivity index (χ1v) is 7.88. The van der Waals surface area contributed by atoms with Crippen LogP contribution < -0.4 is 15.4 Å². The second-order valence-corrected chi connectivity index (χ2v) is 6.04. The van der Waals surface area contributed by atoms with Crippen LogP contribution in [0.5, 0.6) is 5.75 Å². The molecule has 0 atom stereocenters. The summed E-state index contributed by atoms with van der Waals surface area (Å²) in [7, 11) is 0. The fraction of sp³-hybridized carbons (Fsp3) is 0.562. The van der Waals surface area contributed by atoms with Crippen LogP contribution in [0, 0.1) is 0 Å². The fourth-order valence-electron chi connectivity index (χ4n) is 2.52. The van der Waals surface area contributed by atoms with Crippen LogP contribution in [0.25, 0.3) is 0 Å². The van der Waals surface area contributed by atoms with Gasteiger partial charge in [0, 0.05) is 17.8 Å². The van der Waals surface area contributed by atoms with Crippen LogP contribution in [0.2, 0.25) is 0 Å². The molecular weight excluding hydrogens is 268 g/mol. The van der Waals surface area contributed by atoms with Crippen molar-refractivity contribution in [1.29, 1.82) is 0 Å². The molecule has 20 heavy (non-hydrogen) atoms. The van der Waals surface area contributed by atoms with E-state index in [2.05, 4.69) is 10.6 Å². The molecular formula is C16H24N2OS. The third-order valence-electron chi connectivity index (χ3n) is 3.40. The molecule has 0 spiro atoms. The summed E-state index contributed by atoms with van der Waals surface area (Å²) in [5.41, 5.74) is 0.969. The molecule has 0 bridgehead atoms. The highest BCUT2D eigenvalue weighted by Crippen LogP contribution is 2.20. The van der Waals surface area contributed by atoms with Crippen LogP contribution >= 0.6 is 12.2 Å². The molecule has 0 radical (unpaired) electrons. The normalized spacial score (nSPS) is 15.9. The maximum absolute atomic E-state index is 5.68. The van der Waals surface area contributed by atoms with Gasteiger partial charge in [-0.3, -0.25) is 0 Å². The SMILES string of the molecule is CC(C)Oc1cccc(NC(=S)NC2CCCCC2)c1. The summed E-state index contributed by atoms with van der Waals surface area (Å²) in [6, 6.07) is 8.45. The van der Waals surface area contributed by atoms with Crippen molar-refractivity contribution in [2.75, 3.05) is 5.32 Å². The standard InChI is InChI=1S/C16H24N2OS/c1-12(2)19-15-10-6-9-14(11-15)18-16(20)17-13-7-4-3-5-8-13/h6,9-13H,3-5,7-8H2,1-2H3,(H2,17,18,20). The molecule has 2 N–H and O–H groups in total. The number of thiocarbonyl (C=S) groups is 1. The van der Waals surface area contributed by atoms with Crippen molar-refractivity contribution in [3.8, 4) is 5.75 Å². The molecule has 3 nitrogen and oxygen atoms in total. The Kier molecular flexibility index (Phi) is 5.65. The molecule has 4 heteroatoms. The quantitative estimate of drug-likeness (QED) is 0.819. The van der Waals surface area contributed by atoms with E-state index in [0.29, 0.717) is 11.2 Å². The molecule has 1 aromatic carbocycles. The van der Waals surface area contributed by atoms with Gasteiger partial charge in [0.2, 0.25) is 0 Å². The third kappa shape index (κ3) is 5.00. The van der Waals surface area contributed by atoms with E-state index in [-0.39, 0.29) is 6.10 Å². The predicted octanol–water partition coefficient (Wildman–Crippen LogP) is 4.09. The zero-order valence-electron chi connectivity index (χ0n) is 12.3. The highest BCUT2D eigenvalue weighted by Gasteiger charge is 2.13. The van der Waals surface area contributed by atoms with E-state index in [4.69, 9.17) is 17.0 Å². The number of hydrogen-bond acceptors (Lipinski definition) is 2. The molecule has 0 saturated heterocycles. The highest BCUT2D eigenvalue weighted by molar-refractivity contribution is 7.80. The summed E-state index contributed by atoms with van der Waals surface area (Å²) in [5, 5.41) is 7.36. The number of ether oxygens (including phenoxy) is 1. The van der Waals surface area contributed by atoms with E-state index in [9.17, 15) is 0 Å². The molecule has 0 aliphatic heterocycles. The van der Waals surface area contributed by atoms with Crippen molar-refractivity contribution in [2.24, 2.45) is 0 Å². The first kappa shape index (κ1) is 15.1. The van der Waals surface area contributed by atoms with Crippen LogP contribution in [0.1, 0.15) is 46.0 Å².